The van der Waals surface area contributed by atoms with Crippen LogP contribution in [-0.4, -0.2) is 80.6 Å². The molecule has 0 spiro atoms. The van der Waals surface area contributed by atoms with E-state index in [1.807, 2.05) is 0 Å². The van der Waals surface area contributed by atoms with E-state index in [-0.39, 0.29) is 6.04 Å². The van der Waals surface area contributed by atoms with Gasteiger partial charge in [-0.15, -0.1) is 0 Å². The number of rotatable bonds is 7. The first-order valence-corrected chi connectivity index (χ1v) is 10.8. The summed E-state index contributed by atoms with van der Waals surface area (Å²) < 4.78 is 5.30. The number of nitrogens with zero attached hydrogens (tertiary/aromatic N) is 2. The zero-order valence-electron chi connectivity index (χ0n) is 15.8. The molecule has 2 fully saturated rings. The van der Waals surface area contributed by atoms with Crippen LogP contribution in [0.2, 0.25) is 0 Å². The SMILES string of the molecule is O=C(NCCN1CCOCC1)C(=O)NCC(c1ccsc1)N1CCCCC1. The molecule has 150 valence electrons. The highest BCUT2D eigenvalue weighted by Crippen LogP contribution is 2.25. The lowest BCUT2D eigenvalue weighted by atomic mass is 10.0. The number of carbonyl (C=O) groups excluding carboxylic acids is 2. The van der Waals surface area contributed by atoms with Gasteiger partial charge in [0.05, 0.1) is 19.3 Å². The van der Waals surface area contributed by atoms with Crippen molar-refractivity contribution in [3.8, 4) is 0 Å². The number of piperidine rings is 1. The van der Waals surface area contributed by atoms with E-state index in [0.717, 1.165) is 45.9 Å². The highest BCUT2D eigenvalue weighted by atomic mass is 32.1. The average molecular weight is 395 g/mol. The molecule has 0 saturated carbocycles. The van der Waals surface area contributed by atoms with Gasteiger partial charge in [0.15, 0.2) is 0 Å². The Labute approximate surface area is 165 Å². The number of ether oxygens (including phenoxy) is 1. The van der Waals surface area contributed by atoms with E-state index < -0.39 is 11.8 Å². The van der Waals surface area contributed by atoms with Gasteiger partial charge >= 0.3 is 11.8 Å². The molecule has 1 atom stereocenters. The molecule has 1 aromatic rings. The van der Waals surface area contributed by atoms with Gasteiger partial charge in [-0.2, -0.15) is 11.3 Å². The first kappa shape index (κ1) is 20.3. The van der Waals surface area contributed by atoms with Gasteiger partial charge in [0.1, 0.15) is 0 Å². The largest absolute Gasteiger partial charge is 0.379 e. The monoisotopic (exact) mass is 394 g/mol. The van der Waals surface area contributed by atoms with Crippen LogP contribution in [0.25, 0.3) is 0 Å². The Morgan fingerprint density at radius 2 is 1.81 bits per heavy atom. The van der Waals surface area contributed by atoms with Gasteiger partial charge < -0.3 is 15.4 Å². The van der Waals surface area contributed by atoms with Crippen molar-refractivity contribution in [1.82, 2.24) is 20.4 Å². The zero-order valence-corrected chi connectivity index (χ0v) is 16.6. The number of hydrogen-bond acceptors (Lipinski definition) is 6. The minimum Gasteiger partial charge on any atom is -0.379 e. The number of likely N-dealkylation sites (tertiary alicyclic amines) is 1. The molecule has 2 amide bonds. The summed E-state index contributed by atoms with van der Waals surface area (Å²) >= 11 is 1.66. The molecule has 7 nitrogen and oxygen atoms in total. The van der Waals surface area contributed by atoms with Gasteiger partial charge in [0.2, 0.25) is 0 Å². The second-order valence-corrected chi connectivity index (χ2v) is 7.87. The third-order valence-corrected chi connectivity index (χ3v) is 5.94. The van der Waals surface area contributed by atoms with Crippen LogP contribution in [0.4, 0.5) is 0 Å². The summed E-state index contributed by atoms with van der Waals surface area (Å²) in [7, 11) is 0. The van der Waals surface area contributed by atoms with Gasteiger partial charge in [0, 0.05) is 32.7 Å². The zero-order chi connectivity index (χ0) is 18.9. The number of hydrogen-bond donors (Lipinski definition) is 2. The standard InChI is InChI=1S/C19H30N4O3S/c24-18(20-5-8-22-9-11-26-12-10-22)19(25)21-14-17(16-4-13-27-15-16)23-6-2-1-3-7-23/h4,13,15,17H,1-3,5-12,14H2,(H,20,24)(H,21,25). The predicted molar refractivity (Wildman–Crippen MR) is 106 cm³/mol. The van der Waals surface area contributed by atoms with E-state index in [2.05, 4.69) is 37.3 Å². The Kier molecular flexibility index (Phi) is 8.07. The minimum absolute atomic E-state index is 0.140. The lowest BCUT2D eigenvalue weighted by molar-refractivity contribution is -0.139. The second kappa shape index (κ2) is 10.8. The summed E-state index contributed by atoms with van der Waals surface area (Å²) in [4.78, 5) is 28.9. The van der Waals surface area contributed by atoms with Gasteiger partial charge in [-0.3, -0.25) is 19.4 Å². The van der Waals surface area contributed by atoms with Crippen LogP contribution in [0.15, 0.2) is 16.8 Å². The molecule has 3 heterocycles. The molecule has 0 aliphatic carbocycles. The van der Waals surface area contributed by atoms with Gasteiger partial charge in [-0.1, -0.05) is 6.42 Å². The Balaban J connectivity index is 1.43. The summed E-state index contributed by atoms with van der Waals surface area (Å²) in [6.07, 6.45) is 3.65. The molecule has 27 heavy (non-hydrogen) atoms. The number of carbonyl (C=O) groups is 2. The minimum atomic E-state index is -0.550. The van der Waals surface area contributed by atoms with E-state index >= 15 is 0 Å². The fraction of sp³-hybridized carbons (Fsp3) is 0.684. The molecule has 3 rings (SSSR count). The molecule has 1 unspecified atom stereocenters. The third-order valence-electron chi connectivity index (χ3n) is 5.24. The van der Waals surface area contributed by atoms with E-state index in [1.165, 1.54) is 24.8 Å². The molecule has 0 bridgehead atoms. The first-order chi connectivity index (χ1) is 13.2. The van der Waals surface area contributed by atoms with Crippen molar-refractivity contribution in [2.45, 2.75) is 25.3 Å². The number of amides is 2. The van der Waals surface area contributed by atoms with Crippen LogP contribution >= 0.6 is 11.3 Å². The Morgan fingerprint density at radius 3 is 2.52 bits per heavy atom. The molecule has 2 aliphatic rings. The lowest BCUT2D eigenvalue weighted by Crippen LogP contribution is -2.47. The summed E-state index contributed by atoms with van der Waals surface area (Å²) in [5, 5.41) is 9.75. The maximum absolute atomic E-state index is 12.2. The van der Waals surface area contributed by atoms with Gasteiger partial charge in [-0.25, -0.2) is 0 Å². The van der Waals surface area contributed by atoms with E-state index in [0.29, 0.717) is 13.1 Å². The molecule has 0 aromatic carbocycles. The van der Waals surface area contributed by atoms with Crippen molar-refractivity contribution < 1.29 is 14.3 Å². The summed E-state index contributed by atoms with van der Waals surface area (Å²) in [6.45, 7) is 6.99. The number of thiophene rings is 1. The predicted octanol–water partition coefficient (Wildman–Crippen LogP) is 0.840. The van der Waals surface area contributed by atoms with Crippen molar-refractivity contribution in [2.24, 2.45) is 0 Å². The molecule has 2 N–H and O–H groups in total. The van der Waals surface area contributed by atoms with Crippen molar-refractivity contribution in [1.29, 1.82) is 0 Å². The van der Waals surface area contributed by atoms with Gasteiger partial charge in [0.25, 0.3) is 0 Å². The maximum Gasteiger partial charge on any atom is 0.309 e. The number of morpholine rings is 1. The summed E-state index contributed by atoms with van der Waals surface area (Å²) in [5.41, 5.74) is 1.22. The molecule has 8 heteroatoms. The fourth-order valence-electron chi connectivity index (χ4n) is 3.65. The van der Waals surface area contributed by atoms with E-state index in [9.17, 15) is 9.59 Å². The molecule has 2 aliphatic heterocycles. The third kappa shape index (κ3) is 6.27. The van der Waals surface area contributed by atoms with Crippen LogP contribution in [0.5, 0.6) is 0 Å². The van der Waals surface area contributed by atoms with Crippen molar-refractivity contribution in [3.63, 3.8) is 0 Å². The Hall–Kier alpha value is -1.48. The molecule has 1 aromatic heterocycles. The van der Waals surface area contributed by atoms with Crippen LogP contribution in [0, 0.1) is 0 Å². The van der Waals surface area contributed by atoms with Crippen molar-refractivity contribution in [2.75, 3.05) is 59.0 Å². The first-order valence-electron chi connectivity index (χ1n) is 9.86. The van der Waals surface area contributed by atoms with E-state index in [4.69, 9.17) is 4.74 Å². The highest BCUT2D eigenvalue weighted by Gasteiger charge is 2.24. The summed E-state index contributed by atoms with van der Waals surface area (Å²) in [5.74, 6) is -1.10. The van der Waals surface area contributed by atoms with Crippen LogP contribution in [0.3, 0.4) is 0 Å². The average Bonchev–Trinajstić information content (AvgIpc) is 3.24. The topological polar surface area (TPSA) is 73.9 Å². The smallest absolute Gasteiger partial charge is 0.309 e. The number of nitrogens with one attached hydrogen (secondary N) is 2. The molecule has 0 radical (unpaired) electrons. The molecular formula is C19H30N4O3S. The Morgan fingerprint density at radius 1 is 1.07 bits per heavy atom. The highest BCUT2D eigenvalue weighted by molar-refractivity contribution is 7.07. The second-order valence-electron chi connectivity index (χ2n) is 7.09. The molecule has 2 saturated heterocycles. The lowest BCUT2D eigenvalue weighted by Gasteiger charge is -2.34. The van der Waals surface area contributed by atoms with E-state index in [1.54, 1.807) is 11.3 Å². The fourth-order valence-corrected chi connectivity index (χ4v) is 4.36. The Bertz CT molecular complexity index is 584. The van der Waals surface area contributed by atoms with Crippen LogP contribution < -0.4 is 10.6 Å². The molecular weight excluding hydrogens is 364 g/mol. The van der Waals surface area contributed by atoms with Crippen molar-refractivity contribution in [3.05, 3.63) is 22.4 Å². The maximum atomic E-state index is 12.2. The van der Waals surface area contributed by atoms with Crippen LogP contribution in [-0.2, 0) is 14.3 Å². The quantitative estimate of drug-likeness (QED) is 0.671. The normalized spacial score (nSPS) is 20.1. The van der Waals surface area contributed by atoms with Gasteiger partial charge in [-0.05, 0) is 48.3 Å². The van der Waals surface area contributed by atoms with Crippen LogP contribution in [0.1, 0.15) is 30.9 Å². The summed E-state index contributed by atoms with van der Waals surface area (Å²) in [6, 6.07) is 2.25. The van der Waals surface area contributed by atoms with Crippen molar-refractivity contribution >= 4 is 23.2 Å².